The maximum Gasteiger partial charge on any atom is 0.169 e. The van der Waals surface area contributed by atoms with Gasteiger partial charge in [-0.3, -0.25) is 0 Å². The van der Waals surface area contributed by atoms with E-state index < -0.39 is 5.82 Å². The van der Waals surface area contributed by atoms with Crippen LogP contribution in [0.1, 0.15) is 11.8 Å². The number of hydrogen-bond donors (Lipinski definition) is 0. The maximum absolute atomic E-state index is 14.1. The number of nitrogens with zero attached hydrogens (tertiary/aromatic N) is 2. The van der Waals surface area contributed by atoms with Gasteiger partial charge in [0.2, 0.25) is 0 Å². The Labute approximate surface area is 130 Å². The van der Waals surface area contributed by atoms with Gasteiger partial charge in [-0.25, -0.2) is 14.4 Å². The van der Waals surface area contributed by atoms with E-state index in [0.29, 0.717) is 10.9 Å². The summed E-state index contributed by atoms with van der Waals surface area (Å²) >= 11 is 7.76. The first-order valence-corrected chi connectivity index (χ1v) is 7.62. The van der Waals surface area contributed by atoms with Crippen LogP contribution in [0, 0.1) is 5.82 Å². The van der Waals surface area contributed by atoms with E-state index >= 15 is 0 Å². The molecule has 0 amide bonds. The van der Waals surface area contributed by atoms with Crippen molar-refractivity contribution in [3.05, 3.63) is 40.1 Å². The Hall–Kier alpha value is -1.72. The first-order chi connectivity index (χ1) is 10.1. The molecule has 0 aliphatic rings. The minimum Gasteiger partial charge on any atom is -0.496 e. The minimum atomic E-state index is -0.433. The van der Waals surface area contributed by atoms with Crippen molar-refractivity contribution in [3.63, 3.8) is 0 Å². The van der Waals surface area contributed by atoms with Gasteiger partial charge in [-0.05, 0) is 24.6 Å². The highest BCUT2D eigenvalue weighted by atomic mass is 35.5. The van der Waals surface area contributed by atoms with Gasteiger partial charge < -0.3 is 4.74 Å². The lowest BCUT2D eigenvalue weighted by atomic mass is 10.1. The van der Waals surface area contributed by atoms with Gasteiger partial charge >= 0.3 is 0 Å². The molecule has 0 N–H and O–H groups in total. The van der Waals surface area contributed by atoms with Crippen molar-refractivity contribution in [1.29, 1.82) is 0 Å². The molecule has 2 aromatic heterocycles. The summed E-state index contributed by atoms with van der Waals surface area (Å²) < 4.78 is 19.3. The molecular weight excluding hydrogens is 311 g/mol. The number of fused-ring (bicyclic) bond motifs is 1. The number of rotatable bonds is 3. The number of benzene rings is 1. The van der Waals surface area contributed by atoms with Gasteiger partial charge in [0.25, 0.3) is 0 Å². The van der Waals surface area contributed by atoms with Crippen molar-refractivity contribution in [2.75, 3.05) is 7.11 Å². The van der Waals surface area contributed by atoms with E-state index in [4.69, 9.17) is 16.3 Å². The number of thiophene rings is 1. The molecule has 0 unspecified atom stereocenters. The Kier molecular flexibility index (Phi) is 3.78. The lowest BCUT2D eigenvalue weighted by Crippen LogP contribution is -1.96. The zero-order valence-electron chi connectivity index (χ0n) is 11.5. The fourth-order valence-electron chi connectivity index (χ4n) is 2.11. The summed E-state index contributed by atoms with van der Waals surface area (Å²) in [6.45, 7) is 2.06. The third-order valence-electron chi connectivity index (χ3n) is 3.16. The van der Waals surface area contributed by atoms with Crippen LogP contribution in [-0.2, 0) is 6.42 Å². The number of aromatic nitrogens is 2. The Morgan fingerprint density at radius 3 is 2.86 bits per heavy atom. The smallest absolute Gasteiger partial charge is 0.169 e. The molecule has 1 aromatic carbocycles. The van der Waals surface area contributed by atoms with Gasteiger partial charge in [0.15, 0.2) is 5.82 Å². The van der Waals surface area contributed by atoms with Gasteiger partial charge in [0, 0.05) is 10.3 Å². The Morgan fingerprint density at radius 2 is 2.14 bits per heavy atom. The predicted molar refractivity (Wildman–Crippen MR) is 83.7 cm³/mol. The monoisotopic (exact) mass is 322 g/mol. The van der Waals surface area contributed by atoms with Gasteiger partial charge in [-0.15, -0.1) is 11.3 Å². The number of methoxy groups -OCH3 is 1. The summed E-state index contributed by atoms with van der Waals surface area (Å²) in [5.74, 6) is 0.196. The summed E-state index contributed by atoms with van der Waals surface area (Å²) in [6.07, 6.45) is 0.899. The minimum absolute atomic E-state index is 0.232. The van der Waals surface area contributed by atoms with E-state index in [2.05, 4.69) is 16.9 Å². The molecule has 21 heavy (non-hydrogen) atoms. The van der Waals surface area contributed by atoms with Crippen molar-refractivity contribution < 1.29 is 9.13 Å². The highest BCUT2D eigenvalue weighted by molar-refractivity contribution is 7.18. The second-order valence-corrected chi connectivity index (χ2v) is 5.91. The van der Waals surface area contributed by atoms with Gasteiger partial charge in [0.1, 0.15) is 21.6 Å². The standard InChI is InChI=1S/C15H12ClFN2OS/c1-3-8-7-9-13(16)18-14(19-15(9)21-8)12-10(17)5-4-6-11(12)20-2/h4-7H,3H2,1-2H3. The maximum atomic E-state index is 14.1. The zero-order valence-corrected chi connectivity index (χ0v) is 13.1. The largest absolute Gasteiger partial charge is 0.496 e. The van der Waals surface area contributed by atoms with Gasteiger partial charge in [-0.1, -0.05) is 24.6 Å². The summed E-state index contributed by atoms with van der Waals surface area (Å²) in [5, 5.41) is 1.13. The summed E-state index contributed by atoms with van der Waals surface area (Å²) in [6, 6.07) is 6.58. The van der Waals surface area contributed by atoms with Crippen LogP contribution < -0.4 is 4.74 Å². The third kappa shape index (κ3) is 2.47. The molecule has 0 radical (unpaired) electrons. The van der Waals surface area contributed by atoms with Gasteiger partial charge in [-0.2, -0.15) is 0 Å². The van der Waals surface area contributed by atoms with Crippen LogP contribution in [-0.4, -0.2) is 17.1 Å². The number of halogens is 2. The molecule has 108 valence electrons. The van der Waals surface area contributed by atoms with Crippen LogP contribution in [0.3, 0.4) is 0 Å². The molecule has 0 saturated carbocycles. The molecule has 3 aromatic rings. The molecule has 0 aliphatic carbocycles. The number of ether oxygens (including phenoxy) is 1. The van der Waals surface area contributed by atoms with Crippen molar-refractivity contribution >= 4 is 33.2 Å². The van der Waals surface area contributed by atoms with E-state index in [-0.39, 0.29) is 11.4 Å². The first kappa shape index (κ1) is 14.2. The first-order valence-electron chi connectivity index (χ1n) is 6.43. The lowest BCUT2D eigenvalue weighted by Gasteiger charge is -2.08. The number of aryl methyl sites for hydroxylation is 1. The van der Waals surface area contributed by atoms with Crippen LogP contribution in [0.5, 0.6) is 5.75 Å². The van der Waals surface area contributed by atoms with E-state index in [1.165, 1.54) is 18.1 Å². The molecule has 0 saturated heterocycles. The van der Waals surface area contributed by atoms with Crippen LogP contribution in [0.15, 0.2) is 24.3 Å². The number of hydrogen-bond acceptors (Lipinski definition) is 4. The van der Waals surface area contributed by atoms with E-state index in [1.54, 1.807) is 23.5 Å². The predicted octanol–water partition coefficient (Wildman–Crippen LogP) is 4.72. The van der Waals surface area contributed by atoms with Crippen LogP contribution in [0.25, 0.3) is 21.6 Å². The zero-order chi connectivity index (χ0) is 15.0. The van der Waals surface area contributed by atoms with Crippen LogP contribution in [0.2, 0.25) is 5.15 Å². The van der Waals surface area contributed by atoms with Crippen molar-refractivity contribution in [2.24, 2.45) is 0 Å². The molecule has 6 heteroatoms. The van der Waals surface area contributed by atoms with Gasteiger partial charge in [0.05, 0.1) is 12.7 Å². The van der Waals surface area contributed by atoms with Crippen molar-refractivity contribution in [3.8, 4) is 17.1 Å². The van der Waals surface area contributed by atoms with Crippen LogP contribution in [0.4, 0.5) is 4.39 Å². The molecule has 0 aliphatic heterocycles. The van der Waals surface area contributed by atoms with Crippen molar-refractivity contribution in [1.82, 2.24) is 9.97 Å². The molecule has 0 spiro atoms. The topological polar surface area (TPSA) is 35.0 Å². The second kappa shape index (κ2) is 5.58. The fourth-order valence-corrected chi connectivity index (χ4v) is 3.36. The van der Waals surface area contributed by atoms with E-state index in [9.17, 15) is 4.39 Å². The molecule has 0 bridgehead atoms. The quantitative estimate of drug-likeness (QED) is 0.654. The molecule has 0 fully saturated rings. The fraction of sp³-hybridized carbons (Fsp3) is 0.200. The van der Waals surface area contributed by atoms with E-state index in [1.807, 2.05) is 6.07 Å². The summed E-state index contributed by atoms with van der Waals surface area (Å²) in [5.41, 5.74) is 0.232. The average Bonchev–Trinajstić information content (AvgIpc) is 2.90. The molecular formula is C15H12ClFN2OS. The summed E-state index contributed by atoms with van der Waals surface area (Å²) in [4.78, 5) is 10.6. The normalized spacial score (nSPS) is 11.0. The Morgan fingerprint density at radius 1 is 1.33 bits per heavy atom. The third-order valence-corrected chi connectivity index (χ3v) is 4.63. The highest BCUT2D eigenvalue weighted by Crippen LogP contribution is 2.35. The van der Waals surface area contributed by atoms with Crippen LogP contribution >= 0.6 is 22.9 Å². The second-order valence-electron chi connectivity index (χ2n) is 4.44. The summed E-state index contributed by atoms with van der Waals surface area (Å²) in [7, 11) is 1.48. The Bertz CT molecular complexity index is 819. The van der Waals surface area contributed by atoms with Crippen molar-refractivity contribution in [2.45, 2.75) is 13.3 Å². The Balaban J connectivity index is 2.26. The highest BCUT2D eigenvalue weighted by Gasteiger charge is 2.17. The molecule has 3 rings (SSSR count). The molecule has 3 nitrogen and oxygen atoms in total. The SMILES string of the molecule is CCc1cc2c(Cl)nc(-c3c(F)cccc3OC)nc2s1. The lowest BCUT2D eigenvalue weighted by molar-refractivity contribution is 0.413. The molecule has 0 atom stereocenters. The molecule has 2 heterocycles. The van der Waals surface area contributed by atoms with E-state index in [0.717, 1.165) is 16.6 Å². The average molecular weight is 323 g/mol.